The van der Waals surface area contributed by atoms with E-state index in [9.17, 15) is 5.11 Å². The van der Waals surface area contributed by atoms with Crippen LogP contribution in [0.4, 0.5) is 0 Å². The molecule has 4 heteroatoms. The summed E-state index contributed by atoms with van der Waals surface area (Å²) in [6.07, 6.45) is 3.75. The summed E-state index contributed by atoms with van der Waals surface area (Å²) in [7, 11) is 0. The maximum absolute atomic E-state index is 9.77. The molecule has 0 fully saturated rings. The van der Waals surface area contributed by atoms with E-state index in [1.54, 1.807) is 18.3 Å². The molecule has 2 aromatic heterocycles. The van der Waals surface area contributed by atoms with Crippen LogP contribution in [0.1, 0.15) is 38.2 Å². The third-order valence-corrected chi connectivity index (χ3v) is 2.30. The van der Waals surface area contributed by atoms with Gasteiger partial charge in [-0.1, -0.05) is 19.8 Å². The summed E-state index contributed by atoms with van der Waals surface area (Å²) in [4.78, 5) is 8.19. The van der Waals surface area contributed by atoms with Crippen LogP contribution in [0.2, 0.25) is 0 Å². The lowest BCUT2D eigenvalue weighted by Crippen LogP contribution is -1.97. The number of aromatic nitrogens is 2. The van der Waals surface area contributed by atoms with Crippen LogP contribution in [0.25, 0.3) is 11.2 Å². The summed E-state index contributed by atoms with van der Waals surface area (Å²) in [5.74, 6) is 0.372. The summed E-state index contributed by atoms with van der Waals surface area (Å²) in [5.41, 5.74) is 1.19. The lowest BCUT2D eigenvalue weighted by Gasteiger charge is -2.03. The van der Waals surface area contributed by atoms with E-state index < -0.39 is 6.10 Å². The number of hydrogen-bond acceptors (Lipinski definition) is 4. The zero-order chi connectivity index (χ0) is 10.7. The molecule has 15 heavy (non-hydrogen) atoms. The van der Waals surface area contributed by atoms with Crippen molar-refractivity contribution in [3.8, 4) is 0 Å². The number of oxazole rings is 1. The fourth-order valence-corrected chi connectivity index (χ4v) is 1.45. The number of hydrogen-bond donors (Lipinski definition) is 1. The highest BCUT2D eigenvalue weighted by Gasteiger charge is 2.14. The van der Waals surface area contributed by atoms with Gasteiger partial charge >= 0.3 is 0 Å². The Labute approximate surface area is 88.0 Å². The minimum absolute atomic E-state index is 0.372. The maximum Gasteiger partial charge on any atom is 0.225 e. The van der Waals surface area contributed by atoms with Crippen LogP contribution < -0.4 is 0 Å². The van der Waals surface area contributed by atoms with Gasteiger partial charge in [0, 0.05) is 6.20 Å². The van der Waals surface area contributed by atoms with Gasteiger partial charge in [0.05, 0.1) is 0 Å². The molecule has 2 rings (SSSR count). The molecule has 2 heterocycles. The average molecular weight is 206 g/mol. The number of aliphatic hydroxyl groups excluding tert-OH is 1. The molecule has 0 spiro atoms. The molecule has 1 unspecified atom stereocenters. The Morgan fingerprint density at radius 1 is 1.53 bits per heavy atom. The molecule has 1 N–H and O–H groups in total. The number of aliphatic hydroxyl groups is 1. The Morgan fingerprint density at radius 3 is 3.13 bits per heavy atom. The molecule has 0 radical (unpaired) electrons. The SMILES string of the molecule is CCCCC(O)c1nc2ncccc2o1. The third kappa shape index (κ3) is 2.15. The monoisotopic (exact) mass is 206 g/mol. The Hall–Kier alpha value is -1.42. The number of fused-ring (bicyclic) bond motifs is 1. The largest absolute Gasteiger partial charge is 0.436 e. The van der Waals surface area contributed by atoms with Crippen molar-refractivity contribution in [2.45, 2.75) is 32.3 Å². The lowest BCUT2D eigenvalue weighted by molar-refractivity contribution is 0.133. The quantitative estimate of drug-likeness (QED) is 0.834. The highest BCUT2D eigenvalue weighted by molar-refractivity contribution is 5.66. The zero-order valence-corrected chi connectivity index (χ0v) is 8.68. The van der Waals surface area contributed by atoms with Crippen LogP contribution in [0, 0.1) is 0 Å². The van der Waals surface area contributed by atoms with Crippen molar-refractivity contribution in [1.29, 1.82) is 0 Å². The smallest absolute Gasteiger partial charge is 0.225 e. The van der Waals surface area contributed by atoms with Crippen molar-refractivity contribution in [3.63, 3.8) is 0 Å². The number of pyridine rings is 1. The van der Waals surface area contributed by atoms with Gasteiger partial charge in [0.1, 0.15) is 6.10 Å². The maximum atomic E-state index is 9.77. The molecule has 0 aromatic carbocycles. The fraction of sp³-hybridized carbons (Fsp3) is 0.455. The number of unbranched alkanes of at least 4 members (excludes halogenated alkanes) is 1. The van der Waals surface area contributed by atoms with Crippen LogP contribution >= 0.6 is 0 Å². The van der Waals surface area contributed by atoms with E-state index in [0.29, 0.717) is 23.5 Å². The van der Waals surface area contributed by atoms with Crippen LogP contribution in [0.5, 0.6) is 0 Å². The zero-order valence-electron chi connectivity index (χ0n) is 8.68. The van der Waals surface area contributed by atoms with Crippen LogP contribution in [0.15, 0.2) is 22.7 Å². The van der Waals surface area contributed by atoms with Gasteiger partial charge in [-0.25, -0.2) is 4.98 Å². The second-order valence-corrected chi connectivity index (χ2v) is 3.54. The van der Waals surface area contributed by atoms with E-state index in [-0.39, 0.29) is 0 Å². The van der Waals surface area contributed by atoms with Crippen molar-refractivity contribution < 1.29 is 9.52 Å². The van der Waals surface area contributed by atoms with Gasteiger partial charge in [0.2, 0.25) is 5.89 Å². The number of nitrogens with zero attached hydrogens (tertiary/aromatic N) is 2. The molecule has 2 aromatic rings. The fourth-order valence-electron chi connectivity index (χ4n) is 1.45. The normalized spacial score (nSPS) is 13.2. The van der Waals surface area contributed by atoms with Crippen LogP contribution in [-0.2, 0) is 0 Å². The van der Waals surface area contributed by atoms with Gasteiger partial charge in [-0.05, 0) is 18.6 Å². The molecule has 0 bridgehead atoms. The molecule has 4 nitrogen and oxygen atoms in total. The second kappa shape index (κ2) is 4.40. The van der Waals surface area contributed by atoms with E-state index in [0.717, 1.165) is 12.8 Å². The van der Waals surface area contributed by atoms with E-state index in [2.05, 4.69) is 16.9 Å². The first-order valence-corrected chi connectivity index (χ1v) is 5.20. The second-order valence-electron chi connectivity index (χ2n) is 3.54. The minimum atomic E-state index is -0.612. The predicted molar refractivity (Wildman–Crippen MR) is 56.3 cm³/mol. The van der Waals surface area contributed by atoms with Gasteiger partial charge in [-0.3, -0.25) is 0 Å². The molecule has 0 aliphatic carbocycles. The van der Waals surface area contributed by atoms with Gasteiger partial charge < -0.3 is 9.52 Å². The predicted octanol–water partition coefficient (Wildman–Crippen LogP) is 2.45. The molecule has 0 aliphatic heterocycles. The minimum Gasteiger partial charge on any atom is -0.436 e. The standard InChI is InChI=1S/C11H14N2O2/c1-2-3-5-8(14)11-13-10-9(15-11)6-4-7-12-10/h4,6-8,14H,2-3,5H2,1H3. The topological polar surface area (TPSA) is 59.2 Å². The van der Waals surface area contributed by atoms with E-state index >= 15 is 0 Å². The van der Waals surface area contributed by atoms with Gasteiger partial charge in [-0.2, -0.15) is 4.98 Å². The van der Waals surface area contributed by atoms with E-state index in [4.69, 9.17) is 4.42 Å². The van der Waals surface area contributed by atoms with Gasteiger partial charge in [0.25, 0.3) is 0 Å². The Balaban J connectivity index is 2.20. The molecular formula is C11H14N2O2. The average Bonchev–Trinajstić information content (AvgIpc) is 2.69. The van der Waals surface area contributed by atoms with E-state index in [1.807, 2.05) is 0 Å². The van der Waals surface area contributed by atoms with Gasteiger partial charge in [0.15, 0.2) is 11.2 Å². The van der Waals surface area contributed by atoms with Crippen molar-refractivity contribution in [2.24, 2.45) is 0 Å². The summed E-state index contributed by atoms with van der Waals surface area (Å²) in [6, 6.07) is 3.58. The summed E-state index contributed by atoms with van der Waals surface area (Å²) < 4.78 is 5.40. The molecule has 80 valence electrons. The van der Waals surface area contributed by atoms with Gasteiger partial charge in [-0.15, -0.1) is 0 Å². The highest BCUT2D eigenvalue weighted by Crippen LogP contribution is 2.21. The van der Waals surface area contributed by atoms with Crippen molar-refractivity contribution in [1.82, 2.24) is 9.97 Å². The molecule has 0 amide bonds. The molecular weight excluding hydrogens is 192 g/mol. The van der Waals surface area contributed by atoms with E-state index in [1.165, 1.54) is 0 Å². The summed E-state index contributed by atoms with van der Waals surface area (Å²) in [5, 5.41) is 9.77. The first-order valence-electron chi connectivity index (χ1n) is 5.20. The lowest BCUT2D eigenvalue weighted by atomic mass is 10.2. The first kappa shape index (κ1) is 10.1. The molecule has 0 saturated heterocycles. The molecule has 1 atom stereocenters. The highest BCUT2D eigenvalue weighted by atomic mass is 16.4. The van der Waals surface area contributed by atoms with Crippen LogP contribution in [-0.4, -0.2) is 15.1 Å². The Bertz CT molecular complexity index is 406. The number of rotatable bonds is 4. The third-order valence-electron chi connectivity index (χ3n) is 2.30. The summed E-state index contributed by atoms with van der Waals surface area (Å²) >= 11 is 0. The molecule has 0 aliphatic rings. The van der Waals surface area contributed by atoms with Crippen molar-refractivity contribution in [3.05, 3.63) is 24.2 Å². The Kier molecular flexibility index (Phi) is 2.97. The Morgan fingerprint density at radius 2 is 2.40 bits per heavy atom. The molecule has 0 saturated carbocycles. The summed E-state index contributed by atoms with van der Waals surface area (Å²) in [6.45, 7) is 2.08. The van der Waals surface area contributed by atoms with Crippen molar-refractivity contribution in [2.75, 3.05) is 0 Å². The first-order chi connectivity index (χ1) is 7.31. The van der Waals surface area contributed by atoms with Crippen molar-refractivity contribution >= 4 is 11.2 Å². The van der Waals surface area contributed by atoms with Crippen LogP contribution in [0.3, 0.4) is 0 Å².